The third kappa shape index (κ3) is 4.30. The lowest BCUT2D eigenvalue weighted by molar-refractivity contribution is -0.160. The average Bonchev–Trinajstić information content (AvgIpc) is 3.28. The van der Waals surface area contributed by atoms with E-state index in [0.29, 0.717) is 37.0 Å². The molecular formula is C34H42N2O4. The number of hydrogen-bond donors (Lipinski definition) is 0. The number of piperidine rings is 2. The van der Waals surface area contributed by atoms with Gasteiger partial charge in [0, 0.05) is 24.2 Å². The molecule has 0 radical (unpaired) electrons. The predicted octanol–water partition coefficient (Wildman–Crippen LogP) is 5.19. The average molecular weight is 543 g/mol. The van der Waals surface area contributed by atoms with Crippen molar-refractivity contribution in [2.75, 3.05) is 14.1 Å². The lowest BCUT2D eigenvalue weighted by Crippen LogP contribution is -2.48. The van der Waals surface area contributed by atoms with Gasteiger partial charge in [-0.1, -0.05) is 54.6 Å². The monoisotopic (exact) mass is 542 g/mol. The zero-order chi connectivity index (χ0) is 27.4. The number of hydrogen-bond acceptors (Lipinski definition) is 6. The summed E-state index contributed by atoms with van der Waals surface area (Å²) in [4.78, 5) is 33.1. The molecule has 2 unspecified atom stereocenters. The highest BCUT2D eigenvalue weighted by atomic mass is 16.5. The Bertz CT molecular complexity index is 1240. The van der Waals surface area contributed by atoms with Gasteiger partial charge in [-0.2, -0.15) is 0 Å². The summed E-state index contributed by atoms with van der Waals surface area (Å²) in [5, 5.41) is 0. The second-order valence-corrected chi connectivity index (χ2v) is 13.1. The van der Waals surface area contributed by atoms with E-state index in [0.717, 1.165) is 42.4 Å². The molecule has 2 aromatic carbocycles. The maximum absolute atomic E-state index is 14.4. The van der Waals surface area contributed by atoms with Crippen molar-refractivity contribution in [2.24, 2.45) is 0 Å². The maximum Gasteiger partial charge on any atom is 0.321 e. The van der Waals surface area contributed by atoms with Crippen molar-refractivity contribution in [3.05, 3.63) is 71.3 Å². The first-order chi connectivity index (χ1) is 19.4. The normalized spacial score (nSPS) is 37.1. The van der Waals surface area contributed by atoms with E-state index >= 15 is 0 Å². The summed E-state index contributed by atoms with van der Waals surface area (Å²) in [6, 6.07) is 20.1. The Hall–Kier alpha value is -2.70. The van der Waals surface area contributed by atoms with Crippen molar-refractivity contribution < 1.29 is 19.1 Å². The molecule has 4 saturated heterocycles. The molecular weight excluding hydrogens is 500 g/mol. The van der Waals surface area contributed by atoms with Crippen LogP contribution >= 0.6 is 0 Å². The van der Waals surface area contributed by atoms with Crippen molar-refractivity contribution in [3.63, 3.8) is 0 Å². The Morgan fingerprint density at radius 2 is 1.23 bits per heavy atom. The highest BCUT2D eigenvalue weighted by Crippen LogP contribution is 2.49. The molecule has 0 aromatic heterocycles. The lowest BCUT2D eigenvalue weighted by atomic mass is 9.63. The Labute approximate surface area is 238 Å². The molecule has 0 saturated carbocycles. The lowest BCUT2D eigenvalue weighted by Gasteiger charge is -2.42. The van der Waals surface area contributed by atoms with E-state index < -0.39 is 5.41 Å². The van der Waals surface area contributed by atoms with Crippen molar-refractivity contribution in [3.8, 4) is 0 Å². The number of carbonyl (C=O) groups is 2. The number of benzene rings is 2. The molecule has 4 heterocycles. The topological polar surface area (TPSA) is 59.1 Å². The summed E-state index contributed by atoms with van der Waals surface area (Å²) in [7, 11) is 4.41. The number of rotatable bonds is 5. The Balaban J connectivity index is 1.18. The molecule has 6 nitrogen and oxygen atoms in total. The number of carbonyl (C=O) groups excluding carboxylic acids is 2. The molecule has 212 valence electrons. The van der Waals surface area contributed by atoms with Crippen molar-refractivity contribution in [1.29, 1.82) is 0 Å². The van der Waals surface area contributed by atoms with E-state index in [2.05, 4.69) is 23.9 Å². The molecule has 4 aliphatic heterocycles. The van der Waals surface area contributed by atoms with Gasteiger partial charge in [0.05, 0.1) is 5.92 Å². The molecule has 40 heavy (non-hydrogen) atoms. The summed E-state index contributed by atoms with van der Waals surface area (Å²) in [6.07, 6.45) is 9.44. The fraction of sp³-hybridized carbons (Fsp3) is 0.588. The minimum atomic E-state index is -0.927. The molecule has 5 aliphatic rings. The van der Waals surface area contributed by atoms with Gasteiger partial charge in [0.15, 0.2) is 0 Å². The van der Waals surface area contributed by atoms with Crippen molar-refractivity contribution in [2.45, 2.75) is 112 Å². The third-order valence-corrected chi connectivity index (χ3v) is 11.2. The Morgan fingerprint density at radius 3 is 1.82 bits per heavy atom. The minimum absolute atomic E-state index is 0.0149. The molecule has 6 heteroatoms. The van der Waals surface area contributed by atoms with Gasteiger partial charge in [-0.3, -0.25) is 9.59 Å². The fourth-order valence-electron chi connectivity index (χ4n) is 8.85. The minimum Gasteiger partial charge on any atom is -0.462 e. The van der Waals surface area contributed by atoms with Crippen molar-refractivity contribution >= 4 is 11.9 Å². The number of ether oxygens (including phenoxy) is 2. The fourth-order valence-corrected chi connectivity index (χ4v) is 8.85. The molecule has 4 bridgehead atoms. The van der Waals surface area contributed by atoms with Gasteiger partial charge in [-0.05, 0) is 95.0 Å². The standard InChI is InChI=1S/C34H42N2O4/c1-35-23-12-13-24(35)19-27(18-23)39-32(37)30-16-17-34(22-8-4-3-5-9-22,31-11-7-6-10-29(30)31)33(38)40-28-20-25-14-15-26(21-28)36(25)2/h3-11,23-28,30H,12-21H2,1-2H3/t23-,24+,25-,26+,27?,28?,30-,34+/m0/s1. The quantitative estimate of drug-likeness (QED) is 0.485. The number of fused-ring (bicyclic) bond motifs is 5. The Kier molecular flexibility index (Phi) is 6.74. The van der Waals surface area contributed by atoms with E-state index in [9.17, 15) is 9.59 Å². The van der Waals surface area contributed by atoms with Crippen LogP contribution in [0.25, 0.3) is 0 Å². The first kappa shape index (κ1) is 26.2. The van der Waals surface area contributed by atoms with Gasteiger partial charge >= 0.3 is 11.9 Å². The maximum atomic E-state index is 14.4. The van der Waals surface area contributed by atoms with Crippen LogP contribution in [0.4, 0.5) is 0 Å². The smallest absolute Gasteiger partial charge is 0.321 e. The van der Waals surface area contributed by atoms with Crippen LogP contribution in [-0.2, 0) is 24.5 Å². The first-order valence-electron chi connectivity index (χ1n) is 15.4. The van der Waals surface area contributed by atoms with Crippen LogP contribution in [-0.4, -0.2) is 72.2 Å². The molecule has 1 aliphatic carbocycles. The van der Waals surface area contributed by atoms with Crippen LogP contribution in [0.3, 0.4) is 0 Å². The van der Waals surface area contributed by atoms with Gasteiger partial charge in [0.1, 0.15) is 17.6 Å². The zero-order valence-corrected chi connectivity index (χ0v) is 23.8. The summed E-state index contributed by atoms with van der Waals surface area (Å²) >= 11 is 0. The van der Waals surface area contributed by atoms with Crippen LogP contribution in [0, 0.1) is 0 Å². The van der Waals surface area contributed by atoms with Crippen LogP contribution in [0.5, 0.6) is 0 Å². The summed E-state index contributed by atoms with van der Waals surface area (Å²) in [5.74, 6) is -0.667. The summed E-state index contributed by atoms with van der Waals surface area (Å²) in [5.41, 5.74) is 1.84. The van der Waals surface area contributed by atoms with Gasteiger partial charge in [-0.15, -0.1) is 0 Å². The van der Waals surface area contributed by atoms with Gasteiger partial charge < -0.3 is 19.3 Å². The molecule has 4 fully saturated rings. The second-order valence-electron chi connectivity index (χ2n) is 13.1. The van der Waals surface area contributed by atoms with E-state index in [-0.39, 0.29) is 30.1 Å². The van der Waals surface area contributed by atoms with Crippen LogP contribution in [0.1, 0.15) is 86.8 Å². The van der Waals surface area contributed by atoms with E-state index in [1.807, 2.05) is 54.6 Å². The highest BCUT2D eigenvalue weighted by molar-refractivity contribution is 5.91. The van der Waals surface area contributed by atoms with E-state index in [1.54, 1.807) is 0 Å². The van der Waals surface area contributed by atoms with Gasteiger partial charge in [0.25, 0.3) is 0 Å². The number of esters is 2. The first-order valence-corrected chi connectivity index (χ1v) is 15.4. The molecule has 0 N–H and O–H groups in total. The summed E-state index contributed by atoms with van der Waals surface area (Å²) < 4.78 is 12.7. The van der Waals surface area contributed by atoms with Gasteiger partial charge in [-0.25, -0.2) is 0 Å². The summed E-state index contributed by atoms with van der Waals surface area (Å²) in [6.45, 7) is 0. The van der Waals surface area contributed by atoms with E-state index in [1.165, 1.54) is 25.7 Å². The van der Waals surface area contributed by atoms with E-state index in [4.69, 9.17) is 9.47 Å². The number of nitrogens with zero attached hydrogens (tertiary/aromatic N) is 2. The predicted molar refractivity (Wildman–Crippen MR) is 153 cm³/mol. The molecule has 8 atom stereocenters. The highest BCUT2D eigenvalue weighted by Gasteiger charge is 2.52. The molecule has 2 aromatic rings. The zero-order valence-electron chi connectivity index (χ0n) is 23.8. The Morgan fingerprint density at radius 1 is 0.700 bits per heavy atom. The second kappa shape index (κ2) is 10.3. The van der Waals surface area contributed by atoms with Crippen LogP contribution < -0.4 is 0 Å². The van der Waals surface area contributed by atoms with Gasteiger partial charge in [0.2, 0.25) is 0 Å². The molecule has 0 amide bonds. The molecule has 0 spiro atoms. The van der Waals surface area contributed by atoms with Crippen LogP contribution in [0.15, 0.2) is 54.6 Å². The SMILES string of the molecule is CN1[C@@H]2CC[C@H]1CC(OC(=O)[C@H]1CC[C@@](C(=O)OC3C[C@H]4CC[C@@H](C3)N4C)(c3ccccc3)c3ccccc31)C2. The molecule has 7 rings (SSSR count). The third-order valence-electron chi connectivity index (χ3n) is 11.2. The van der Waals surface area contributed by atoms with Crippen molar-refractivity contribution in [1.82, 2.24) is 9.80 Å². The largest absolute Gasteiger partial charge is 0.462 e. The van der Waals surface area contributed by atoms with Crippen LogP contribution in [0.2, 0.25) is 0 Å².